The van der Waals surface area contributed by atoms with Crippen molar-refractivity contribution in [2.45, 2.75) is 0 Å². The molecule has 1 aromatic heterocycles. The van der Waals surface area contributed by atoms with Crippen LogP contribution in [0.4, 0.5) is 0 Å². The minimum Gasteiger partial charge on any atom is -0.493 e. The van der Waals surface area contributed by atoms with Gasteiger partial charge in [-0.2, -0.15) is 0 Å². The number of fused-ring (bicyclic) bond motifs is 1. The van der Waals surface area contributed by atoms with Crippen molar-refractivity contribution >= 4 is 34.5 Å². The molecule has 104 valence electrons. The molecule has 0 saturated heterocycles. The fraction of sp³-hybridized carbons (Fsp3) is 0.143. The quantitative estimate of drug-likeness (QED) is 0.693. The minimum absolute atomic E-state index is 0.280. The lowest BCUT2D eigenvalue weighted by Gasteiger charge is -2.09. The Morgan fingerprint density at radius 3 is 2.50 bits per heavy atom. The minimum atomic E-state index is -0.548. The number of aromatic nitrogens is 1. The Kier molecular flexibility index (Phi) is 4.10. The second-order valence-corrected chi connectivity index (χ2v) is 4.36. The SMILES string of the molecule is COc1cc2cc(/C=C/C(N)=O)c(Cl)nc2cc1OC. The van der Waals surface area contributed by atoms with Crippen molar-refractivity contribution in [1.82, 2.24) is 4.98 Å². The molecule has 0 atom stereocenters. The van der Waals surface area contributed by atoms with Gasteiger partial charge in [0.15, 0.2) is 11.5 Å². The van der Waals surface area contributed by atoms with E-state index in [1.165, 1.54) is 12.2 Å². The highest BCUT2D eigenvalue weighted by Gasteiger charge is 2.09. The van der Waals surface area contributed by atoms with Gasteiger partial charge in [0.2, 0.25) is 5.91 Å². The van der Waals surface area contributed by atoms with Gasteiger partial charge in [-0.1, -0.05) is 11.6 Å². The molecular formula is C14H13ClN2O3. The number of amides is 1. The van der Waals surface area contributed by atoms with E-state index in [-0.39, 0.29) is 5.15 Å². The number of ether oxygens (including phenoxy) is 2. The summed E-state index contributed by atoms with van der Waals surface area (Å²) in [5.74, 6) is 0.617. The third kappa shape index (κ3) is 2.83. The Hall–Kier alpha value is -2.27. The first-order valence-corrected chi connectivity index (χ1v) is 6.12. The van der Waals surface area contributed by atoms with Crippen molar-refractivity contribution in [3.63, 3.8) is 0 Å². The van der Waals surface area contributed by atoms with Crippen LogP contribution in [0.1, 0.15) is 5.56 Å². The van der Waals surface area contributed by atoms with Crippen LogP contribution in [0.3, 0.4) is 0 Å². The number of nitrogens with zero attached hydrogens (tertiary/aromatic N) is 1. The summed E-state index contributed by atoms with van der Waals surface area (Å²) in [7, 11) is 3.11. The molecule has 0 radical (unpaired) electrons. The molecule has 0 aliphatic rings. The summed E-state index contributed by atoms with van der Waals surface area (Å²) in [4.78, 5) is 15.0. The van der Waals surface area contributed by atoms with Crippen LogP contribution in [-0.4, -0.2) is 25.1 Å². The molecule has 0 saturated carbocycles. The molecule has 0 fully saturated rings. The van der Waals surface area contributed by atoms with Crippen LogP contribution in [0.2, 0.25) is 5.15 Å². The fourth-order valence-corrected chi connectivity index (χ4v) is 1.99. The van der Waals surface area contributed by atoms with Crippen molar-refractivity contribution in [1.29, 1.82) is 0 Å². The topological polar surface area (TPSA) is 74.4 Å². The molecule has 0 spiro atoms. The Morgan fingerprint density at radius 2 is 1.90 bits per heavy atom. The molecular weight excluding hydrogens is 280 g/mol. The van der Waals surface area contributed by atoms with Crippen molar-refractivity contribution in [2.24, 2.45) is 5.73 Å². The number of halogens is 1. The van der Waals surface area contributed by atoms with Crippen LogP contribution in [0.25, 0.3) is 17.0 Å². The second-order valence-electron chi connectivity index (χ2n) is 4.00. The molecule has 0 aliphatic heterocycles. The summed E-state index contributed by atoms with van der Waals surface area (Å²) in [5, 5.41) is 1.10. The number of pyridine rings is 1. The first kappa shape index (κ1) is 14.1. The maximum Gasteiger partial charge on any atom is 0.241 e. The van der Waals surface area contributed by atoms with Gasteiger partial charge in [-0.05, 0) is 18.2 Å². The third-order valence-corrected chi connectivity index (χ3v) is 3.03. The number of methoxy groups -OCH3 is 2. The molecule has 0 bridgehead atoms. The van der Waals surface area contributed by atoms with Crippen molar-refractivity contribution in [3.05, 3.63) is 35.0 Å². The van der Waals surface area contributed by atoms with Gasteiger partial charge in [-0.3, -0.25) is 4.79 Å². The number of primary amides is 1. The van der Waals surface area contributed by atoms with Gasteiger partial charge >= 0.3 is 0 Å². The van der Waals surface area contributed by atoms with Crippen LogP contribution in [0.15, 0.2) is 24.3 Å². The van der Waals surface area contributed by atoms with Crippen LogP contribution in [0.5, 0.6) is 11.5 Å². The zero-order valence-electron chi connectivity index (χ0n) is 11.0. The largest absolute Gasteiger partial charge is 0.493 e. The molecule has 1 heterocycles. The van der Waals surface area contributed by atoms with Crippen LogP contribution < -0.4 is 15.2 Å². The lowest BCUT2D eigenvalue weighted by Crippen LogP contribution is -2.05. The van der Waals surface area contributed by atoms with E-state index in [0.717, 1.165) is 5.39 Å². The van der Waals surface area contributed by atoms with E-state index in [1.807, 2.05) is 0 Å². The first-order valence-electron chi connectivity index (χ1n) is 5.75. The monoisotopic (exact) mass is 292 g/mol. The van der Waals surface area contributed by atoms with E-state index in [4.69, 9.17) is 26.8 Å². The third-order valence-electron chi connectivity index (χ3n) is 2.73. The van der Waals surface area contributed by atoms with Crippen molar-refractivity contribution in [3.8, 4) is 11.5 Å². The Morgan fingerprint density at radius 1 is 1.25 bits per heavy atom. The standard InChI is InChI=1S/C14H13ClN2O3/c1-19-11-6-9-5-8(3-4-13(16)18)14(15)17-10(9)7-12(11)20-2/h3-7H,1-2H3,(H2,16,18)/b4-3+. The van der Waals surface area contributed by atoms with E-state index < -0.39 is 5.91 Å². The van der Waals surface area contributed by atoms with Gasteiger partial charge in [-0.15, -0.1) is 0 Å². The molecule has 20 heavy (non-hydrogen) atoms. The number of nitrogens with two attached hydrogens (primary N) is 1. The molecule has 2 rings (SSSR count). The predicted molar refractivity (Wildman–Crippen MR) is 78.1 cm³/mol. The zero-order chi connectivity index (χ0) is 14.7. The fourth-order valence-electron chi connectivity index (χ4n) is 1.78. The molecule has 0 aliphatic carbocycles. The molecule has 5 nitrogen and oxygen atoms in total. The van der Waals surface area contributed by atoms with Crippen molar-refractivity contribution in [2.75, 3.05) is 14.2 Å². The van der Waals surface area contributed by atoms with Gasteiger partial charge in [0, 0.05) is 23.1 Å². The number of hydrogen-bond donors (Lipinski definition) is 1. The van der Waals surface area contributed by atoms with Gasteiger partial charge < -0.3 is 15.2 Å². The Balaban J connectivity index is 2.60. The van der Waals surface area contributed by atoms with Crippen LogP contribution in [-0.2, 0) is 4.79 Å². The first-order chi connectivity index (χ1) is 9.55. The van der Waals surface area contributed by atoms with Crippen LogP contribution >= 0.6 is 11.6 Å². The summed E-state index contributed by atoms with van der Waals surface area (Å²) in [6.45, 7) is 0. The molecule has 6 heteroatoms. The number of hydrogen-bond acceptors (Lipinski definition) is 4. The normalized spacial score (nSPS) is 10.9. The molecule has 0 unspecified atom stereocenters. The number of carbonyl (C=O) groups excluding carboxylic acids is 1. The van der Waals surface area contributed by atoms with Gasteiger partial charge in [0.05, 0.1) is 19.7 Å². The van der Waals surface area contributed by atoms with E-state index in [2.05, 4.69) is 4.98 Å². The van der Waals surface area contributed by atoms with Crippen LogP contribution in [0, 0.1) is 0 Å². The van der Waals surface area contributed by atoms with E-state index in [1.54, 1.807) is 32.4 Å². The number of benzene rings is 1. The maximum atomic E-state index is 10.8. The van der Waals surface area contributed by atoms with Gasteiger partial charge in [0.1, 0.15) is 5.15 Å². The summed E-state index contributed by atoms with van der Waals surface area (Å²) < 4.78 is 10.4. The Labute approximate surface area is 120 Å². The van der Waals surface area contributed by atoms with E-state index >= 15 is 0 Å². The summed E-state index contributed by atoms with van der Waals surface area (Å²) >= 11 is 6.07. The highest BCUT2D eigenvalue weighted by Crippen LogP contribution is 2.33. The maximum absolute atomic E-state index is 10.8. The second kappa shape index (κ2) is 5.79. The lowest BCUT2D eigenvalue weighted by molar-refractivity contribution is -0.113. The summed E-state index contributed by atoms with van der Waals surface area (Å²) in [5.41, 5.74) is 6.33. The highest BCUT2D eigenvalue weighted by molar-refractivity contribution is 6.31. The van der Waals surface area contributed by atoms with Crippen molar-refractivity contribution < 1.29 is 14.3 Å². The van der Waals surface area contributed by atoms with E-state index in [9.17, 15) is 4.79 Å². The van der Waals surface area contributed by atoms with Gasteiger partial charge in [-0.25, -0.2) is 4.98 Å². The molecule has 2 N–H and O–H groups in total. The number of carbonyl (C=O) groups is 1. The molecule has 1 aromatic carbocycles. The molecule has 1 amide bonds. The van der Waals surface area contributed by atoms with Gasteiger partial charge in [0.25, 0.3) is 0 Å². The molecule has 2 aromatic rings. The zero-order valence-corrected chi connectivity index (χ0v) is 11.8. The predicted octanol–water partition coefficient (Wildman–Crippen LogP) is 2.40. The smallest absolute Gasteiger partial charge is 0.241 e. The Bertz CT molecular complexity index is 698. The average Bonchev–Trinajstić information content (AvgIpc) is 2.43. The lowest BCUT2D eigenvalue weighted by atomic mass is 10.1. The average molecular weight is 293 g/mol. The number of rotatable bonds is 4. The summed E-state index contributed by atoms with van der Waals surface area (Å²) in [6.07, 6.45) is 2.75. The highest BCUT2D eigenvalue weighted by atomic mass is 35.5. The van der Waals surface area contributed by atoms with E-state index in [0.29, 0.717) is 22.6 Å². The summed E-state index contributed by atoms with van der Waals surface area (Å²) in [6, 6.07) is 5.33.